The second-order valence-electron chi connectivity index (χ2n) is 5.19. The maximum atomic E-state index is 9.60. The van der Waals surface area contributed by atoms with Gasteiger partial charge in [0.05, 0.1) is 0 Å². The third kappa shape index (κ3) is 2.84. The Kier molecular flexibility index (Phi) is 4.14. The third-order valence-electron chi connectivity index (χ3n) is 3.71. The van der Waals surface area contributed by atoms with Gasteiger partial charge in [0.2, 0.25) is 0 Å². The lowest BCUT2D eigenvalue weighted by Gasteiger charge is -2.16. The molecule has 1 aromatic heterocycles. The summed E-state index contributed by atoms with van der Waals surface area (Å²) in [6.07, 6.45) is 0. The van der Waals surface area contributed by atoms with E-state index in [-0.39, 0.29) is 5.82 Å². The molecule has 2 aromatic carbocycles. The normalized spacial score (nSPS) is 10.3. The lowest BCUT2D eigenvalue weighted by atomic mass is 9.90. The van der Waals surface area contributed by atoms with E-state index in [1.54, 1.807) is 0 Å². The summed E-state index contributed by atoms with van der Waals surface area (Å²) >= 11 is 3.44. The fourth-order valence-corrected chi connectivity index (χ4v) is 2.97. The van der Waals surface area contributed by atoms with E-state index in [0.29, 0.717) is 5.56 Å². The van der Waals surface area contributed by atoms with Gasteiger partial charge in [0.25, 0.3) is 0 Å². The van der Waals surface area contributed by atoms with Crippen LogP contribution < -0.4 is 5.73 Å². The van der Waals surface area contributed by atoms with E-state index in [2.05, 4.69) is 27.0 Å². The van der Waals surface area contributed by atoms with Crippen molar-refractivity contribution in [2.45, 2.75) is 6.92 Å². The summed E-state index contributed by atoms with van der Waals surface area (Å²) in [5, 5.41) is 9.60. The van der Waals surface area contributed by atoms with Gasteiger partial charge >= 0.3 is 0 Å². The molecule has 0 amide bonds. The number of halogens is 1. The molecule has 112 valence electrons. The Hall–Kier alpha value is -2.64. The molecule has 0 saturated heterocycles. The standard InChI is InChI=1S/C19H14BrN3/c1-12-17(13-5-3-2-4-6-13)18(16(11-21)19(22)23-12)14-7-9-15(20)10-8-14/h2-10H,1H3,(H2,22,23). The van der Waals surface area contributed by atoms with Crippen LogP contribution in [0.4, 0.5) is 5.82 Å². The zero-order valence-electron chi connectivity index (χ0n) is 12.5. The lowest BCUT2D eigenvalue weighted by molar-refractivity contribution is 1.20. The summed E-state index contributed by atoms with van der Waals surface area (Å²) in [4.78, 5) is 4.37. The van der Waals surface area contributed by atoms with Crippen molar-refractivity contribution in [3.63, 3.8) is 0 Å². The lowest BCUT2D eigenvalue weighted by Crippen LogP contribution is -2.03. The minimum absolute atomic E-state index is 0.266. The molecule has 0 aliphatic rings. The second kappa shape index (κ2) is 6.23. The number of nitriles is 1. The maximum absolute atomic E-state index is 9.60. The number of hydrogen-bond acceptors (Lipinski definition) is 3. The average molecular weight is 364 g/mol. The van der Waals surface area contributed by atoms with Crippen molar-refractivity contribution in [2.24, 2.45) is 0 Å². The van der Waals surface area contributed by atoms with Gasteiger partial charge in [-0.3, -0.25) is 0 Å². The molecule has 0 radical (unpaired) electrons. The molecule has 0 unspecified atom stereocenters. The number of nitrogens with two attached hydrogens (primary N) is 1. The molecule has 0 aliphatic carbocycles. The summed E-state index contributed by atoms with van der Waals surface area (Å²) in [5.74, 6) is 0.266. The molecule has 0 saturated carbocycles. The van der Waals surface area contributed by atoms with Crippen LogP contribution in [0, 0.1) is 18.3 Å². The van der Waals surface area contributed by atoms with Gasteiger partial charge in [-0.15, -0.1) is 0 Å². The van der Waals surface area contributed by atoms with Gasteiger partial charge in [0, 0.05) is 21.3 Å². The molecule has 0 spiro atoms. The van der Waals surface area contributed by atoms with E-state index >= 15 is 0 Å². The summed E-state index contributed by atoms with van der Waals surface area (Å²) in [7, 11) is 0. The van der Waals surface area contributed by atoms with Crippen molar-refractivity contribution in [3.05, 3.63) is 70.3 Å². The number of pyridine rings is 1. The minimum atomic E-state index is 0.266. The smallest absolute Gasteiger partial charge is 0.142 e. The first-order valence-electron chi connectivity index (χ1n) is 7.13. The highest BCUT2D eigenvalue weighted by Gasteiger charge is 2.19. The Morgan fingerprint density at radius 2 is 1.57 bits per heavy atom. The van der Waals surface area contributed by atoms with Crippen LogP contribution in [0.3, 0.4) is 0 Å². The highest BCUT2D eigenvalue weighted by atomic mass is 79.9. The number of nitrogen functional groups attached to an aromatic ring is 1. The van der Waals surface area contributed by atoms with Crippen molar-refractivity contribution in [2.75, 3.05) is 5.73 Å². The van der Waals surface area contributed by atoms with E-state index in [1.165, 1.54) is 0 Å². The van der Waals surface area contributed by atoms with Crippen molar-refractivity contribution >= 4 is 21.7 Å². The summed E-state index contributed by atoms with van der Waals surface area (Å²) < 4.78 is 0.986. The van der Waals surface area contributed by atoms with Gasteiger partial charge < -0.3 is 5.73 Å². The number of benzene rings is 2. The van der Waals surface area contributed by atoms with Crippen LogP contribution in [0.2, 0.25) is 0 Å². The summed E-state index contributed by atoms with van der Waals surface area (Å²) in [6.45, 7) is 1.92. The number of aromatic nitrogens is 1. The Morgan fingerprint density at radius 1 is 0.957 bits per heavy atom. The molecule has 0 atom stereocenters. The summed E-state index contributed by atoms with van der Waals surface area (Å²) in [6, 6.07) is 20.0. The quantitative estimate of drug-likeness (QED) is 0.701. The van der Waals surface area contributed by atoms with Gasteiger partial charge in [-0.1, -0.05) is 58.4 Å². The van der Waals surface area contributed by atoms with Gasteiger partial charge in [-0.25, -0.2) is 4.98 Å². The molecule has 23 heavy (non-hydrogen) atoms. The Morgan fingerprint density at radius 3 is 2.17 bits per heavy atom. The second-order valence-corrected chi connectivity index (χ2v) is 6.11. The predicted molar refractivity (Wildman–Crippen MR) is 96.7 cm³/mol. The zero-order valence-corrected chi connectivity index (χ0v) is 14.1. The van der Waals surface area contributed by atoms with Gasteiger partial charge in [0.15, 0.2) is 0 Å². The Labute approximate surface area is 143 Å². The van der Waals surface area contributed by atoms with Crippen molar-refractivity contribution < 1.29 is 0 Å². The first-order valence-corrected chi connectivity index (χ1v) is 7.92. The SMILES string of the molecule is Cc1nc(N)c(C#N)c(-c2ccc(Br)cc2)c1-c1ccccc1. The first-order chi connectivity index (χ1) is 11.1. The third-order valence-corrected chi connectivity index (χ3v) is 4.24. The van der Waals surface area contributed by atoms with Crippen LogP contribution in [0.1, 0.15) is 11.3 Å². The number of hydrogen-bond donors (Lipinski definition) is 1. The highest BCUT2D eigenvalue weighted by Crippen LogP contribution is 2.38. The van der Waals surface area contributed by atoms with Crippen LogP contribution in [-0.4, -0.2) is 4.98 Å². The van der Waals surface area contributed by atoms with Crippen molar-refractivity contribution in [1.29, 1.82) is 5.26 Å². The molecule has 0 aliphatic heterocycles. The van der Waals surface area contributed by atoms with Crippen LogP contribution in [0.15, 0.2) is 59.1 Å². The molecule has 1 heterocycles. The van der Waals surface area contributed by atoms with Crippen LogP contribution in [-0.2, 0) is 0 Å². The monoisotopic (exact) mass is 363 g/mol. The summed E-state index contributed by atoms with van der Waals surface area (Å²) in [5.41, 5.74) is 11.0. The molecule has 2 N–H and O–H groups in total. The van der Waals surface area contributed by atoms with E-state index < -0.39 is 0 Å². The maximum Gasteiger partial charge on any atom is 0.142 e. The van der Waals surface area contributed by atoms with E-state index in [1.807, 2.05) is 61.5 Å². The number of nitrogens with zero attached hydrogens (tertiary/aromatic N) is 2. The first kappa shape index (κ1) is 15.3. The molecule has 0 fully saturated rings. The largest absolute Gasteiger partial charge is 0.383 e. The topological polar surface area (TPSA) is 62.7 Å². The molecule has 0 bridgehead atoms. The van der Waals surface area contributed by atoms with Crippen LogP contribution in [0.25, 0.3) is 22.3 Å². The average Bonchev–Trinajstić information content (AvgIpc) is 2.56. The van der Waals surface area contributed by atoms with Gasteiger partial charge in [0.1, 0.15) is 17.5 Å². The minimum Gasteiger partial charge on any atom is -0.383 e. The molecule has 3 rings (SSSR count). The molecule has 3 aromatic rings. The van der Waals surface area contributed by atoms with E-state index in [4.69, 9.17) is 5.73 Å². The van der Waals surface area contributed by atoms with Crippen LogP contribution in [0.5, 0.6) is 0 Å². The predicted octanol–water partition coefficient (Wildman–Crippen LogP) is 4.94. The highest BCUT2D eigenvalue weighted by molar-refractivity contribution is 9.10. The van der Waals surface area contributed by atoms with Crippen molar-refractivity contribution in [1.82, 2.24) is 4.98 Å². The Bertz CT molecular complexity index is 895. The fraction of sp³-hybridized carbons (Fsp3) is 0.0526. The molecule has 3 nitrogen and oxygen atoms in total. The van der Waals surface area contributed by atoms with Crippen molar-refractivity contribution in [3.8, 4) is 28.3 Å². The van der Waals surface area contributed by atoms with Gasteiger partial charge in [-0.05, 0) is 30.2 Å². The van der Waals surface area contributed by atoms with Crippen LogP contribution >= 0.6 is 15.9 Å². The number of aryl methyl sites for hydroxylation is 1. The van der Waals surface area contributed by atoms with Gasteiger partial charge in [-0.2, -0.15) is 5.26 Å². The number of rotatable bonds is 2. The molecule has 4 heteroatoms. The van der Waals surface area contributed by atoms with E-state index in [9.17, 15) is 5.26 Å². The fourth-order valence-electron chi connectivity index (χ4n) is 2.70. The molecular weight excluding hydrogens is 350 g/mol. The molecular formula is C19H14BrN3. The van der Waals surface area contributed by atoms with E-state index in [0.717, 1.165) is 32.4 Å². The Balaban J connectivity index is 2.40. The zero-order chi connectivity index (χ0) is 16.4. The number of anilines is 1.